The van der Waals surface area contributed by atoms with Gasteiger partial charge in [-0.3, -0.25) is 37.9 Å². The van der Waals surface area contributed by atoms with E-state index in [-0.39, 0.29) is 17.9 Å². The van der Waals surface area contributed by atoms with Crippen molar-refractivity contribution in [3.05, 3.63) is 0 Å². The van der Waals surface area contributed by atoms with E-state index >= 15 is 0 Å². The maximum absolute atomic E-state index is 4.88. The van der Waals surface area contributed by atoms with Gasteiger partial charge in [-0.2, -0.15) is 0 Å². The molecule has 0 bridgehead atoms. The Balaban J connectivity index is -0.000000144. The Bertz CT molecular complexity index is 167. The summed E-state index contributed by atoms with van der Waals surface area (Å²) in [7, 11) is 4.86. The molecule has 0 atom stereocenters. The summed E-state index contributed by atoms with van der Waals surface area (Å²) >= 11 is 0. The first-order chi connectivity index (χ1) is 6.81. The number of nitrogens with zero attached hydrogens (tertiary/aromatic N) is 1. The Morgan fingerprint density at radius 1 is 0.800 bits per heavy atom. The van der Waals surface area contributed by atoms with Gasteiger partial charge in [0.05, 0.1) is 14.1 Å². The van der Waals surface area contributed by atoms with Gasteiger partial charge in [0.2, 0.25) is 0 Å². The van der Waals surface area contributed by atoms with Gasteiger partial charge in [0.15, 0.2) is 5.96 Å². The van der Waals surface area contributed by atoms with E-state index in [4.69, 9.17) is 34.4 Å². The topological polar surface area (TPSA) is 196 Å². The quantitative estimate of drug-likeness (QED) is 0.148. The SMILES string of the molecule is CN=C(N)N.C[NH+]=C(N)N.C[NH+]=C(N)N. The van der Waals surface area contributed by atoms with Crippen molar-refractivity contribution in [3.8, 4) is 0 Å². The molecule has 90 valence electrons. The van der Waals surface area contributed by atoms with Crippen LogP contribution in [0.3, 0.4) is 0 Å². The van der Waals surface area contributed by atoms with Gasteiger partial charge in [-0.25, -0.2) is 0 Å². The van der Waals surface area contributed by atoms with Crippen molar-refractivity contribution >= 4 is 17.9 Å². The van der Waals surface area contributed by atoms with Crippen LogP contribution in [0.5, 0.6) is 0 Å². The third-order valence-electron chi connectivity index (χ3n) is 0.836. The molecule has 0 aromatic heterocycles. The largest absolute Gasteiger partial charge is 0.370 e. The molecule has 14 N–H and O–H groups in total. The molecule has 0 aliphatic carbocycles. The summed E-state index contributed by atoms with van der Waals surface area (Å²) in [5.74, 6) is 0.639. The number of nitrogens with two attached hydrogens (primary N) is 6. The molecule has 0 heterocycles. The summed E-state index contributed by atoms with van der Waals surface area (Å²) in [6, 6.07) is 0. The van der Waals surface area contributed by atoms with Crippen LogP contribution in [0.15, 0.2) is 4.99 Å². The highest BCUT2D eigenvalue weighted by molar-refractivity contribution is 5.75. The zero-order valence-electron chi connectivity index (χ0n) is 9.41. The van der Waals surface area contributed by atoms with Crippen LogP contribution in [0.4, 0.5) is 0 Å². The molecule has 0 amide bonds. The van der Waals surface area contributed by atoms with E-state index in [0.29, 0.717) is 0 Å². The molecular formula is C6H23N9+2. The lowest BCUT2D eigenvalue weighted by Crippen LogP contribution is -2.73. The molecular weight excluding hydrogens is 198 g/mol. The molecule has 0 radical (unpaired) electrons. The molecule has 9 nitrogen and oxygen atoms in total. The van der Waals surface area contributed by atoms with E-state index in [2.05, 4.69) is 15.0 Å². The van der Waals surface area contributed by atoms with Gasteiger partial charge >= 0.3 is 11.9 Å². The summed E-state index contributed by atoms with van der Waals surface area (Å²) < 4.78 is 0. The lowest BCUT2D eigenvalue weighted by atomic mass is 11.1. The molecule has 0 saturated carbocycles. The molecule has 0 aliphatic heterocycles. The molecule has 15 heavy (non-hydrogen) atoms. The molecule has 0 unspecified atom stereocenters. The second-order valence-corrected chi connectivity index (χ2v) is 2.06. The second-order valence-electron chi connectivity index (χ2n) is 2.06. The highest BCUT2D eigenvalue weighted by Gasteiger charge is 1.71. The fourth-order valence-electron chi connectivity index (χ4n) is 0. The summed E-state index contributed by atoms with van der Waals surface area (Å²) in [4.78, 5) is 8.36. The summed E-state index contributed by atoms with van der Waals surface area (Å²) in [6.07, 6.45) is 0. The highest BCUT2D eigenvalue weighted by atomic mass is 15.0. The van der Waals surface area contributed by atoms with Crippen LogP contribution >= 0.6 is 0 Å². The maximum Gasteiger partial charge on any atom is 0.338 e. The molecule has 0 fully saturated rings. The number of guanidine groups is 3. The number of rotatable bonds is 0. The van der Waals surface area contributed by atoms with Crippen LogP contribution in [0, 0.1) is 0 Å². The predicted molar refractivity (Wildman–Crippen MR) is 62.3 cm³/mol. The predicted octanol–water partition coefficient (Wildman–Crippen LogP) is -7.17. The minimum absolute atomic E-state index is 0.130. The maximum atomic E-state index is 4.88. The first-order valence-corrected chi connectivity index (χ1v) is 3.90. The number of nitrogens with one attached hydrogen (secondary N) is 2. The molecule has 0 rings (SSSR count). The molecule has 0 aromatic rings. The van der Waals surface area contributed by atoms with Crippen LogP contribution < -0.4 is 44.4 Å². The van der Waals surface area contributed by atoms with E-state index in [9.17, 15) is 0 Å². The van der Waals surface area contributed by atoms with Crippen molar-refractivity contribution in [2.75, 3.05) is 21.1 Å². The van der Waals surface area contributed by atoms with Crippen molar-refractivity contribution in [2.45, 2.75) is 0 Å². The van der Waals surface area contributed by atoms with Crippen molar-refractivity contribution in [3.63, 3.8) is 0 Å². The van der Waals surface area contributed by atoms with Crippen LogP contribution in [0.2, 0.25) is 0 Å². The zero-order valence-corrected chi connectivity index (χ0v) is 9.41. The Morgan fingerprint density at radius 2 is 0.933 bits per heavy atom. The van der Waals surface area contributed by atoms with Crippen LogP contribution in [-0.2, 0) is 0 Å². The lowest BCUT2D eigenvalue weighted by molar-refractivity contribution is -0.422. The lowest BCUT2D eigenvalue weighted by Gasteiger charge is -1.77. The van der Waals surface area contributed by atoms with Gasteiger partial charge in [0.25, 0.3) is 0 Å². The monoisotopic (exact) mass is 221 g/mol. The molecule has 9 heteroatoms. The molecule has 0 saturated heterocycles. The van der Waals surface area contributed by atoms with E-state index in [1.165, 1.54) is 7.05 Å². The first-order valence-electron chi connectivity index (χ1n) is 3.90. The van der Waals surface area contributed by atoms with Gasteiger partial charge < -0.3 is 11.5 Å². The van der Waals surface area contributed by atoms with Crippen molar-refractivity contribution in [1.82, 2.24) is 0 Å². The standard InChI is InChI=1S/3C2H7N3/c3*1-5-2(3)4/h3*1H3,(H4,3,4,5)/p+2. The fraction of sp³-hybridized carbons (Fsp3) is 0.500. The Labute approximate surface area is 89.3 Å². The van der Waals surface area contributed by atoms with Gasteiger partial charge in [0, 0.05) is 7.05 Å². The van der Waals surface area contributed by atoms with Gasteiger partial charge in [-0.05, 0) is 0 Å². The number of hydrogen-bond acceptors (Lipinski definition) is 1. The molecule has 0 aromatic carbocycles. The Hall–Kier alpha value is -2.19. The molecule has 0 spiro atoms. The summed E-state index contributed by atoms with van der Waals surface area (Å²) in [5, 5.41) is 0. The zero-order chi connectivity index (χ0) is 12.9. The summed E-state index contributed by atoms with van der Waals surface area (Å²) in [5.41, 5.74) is 29.1. The second kappa shape index (κ2) is 14.3. The Kier molecular flexibility index (Phi) is 17.7. The molecule has 0 aliphatic rings. The number of hydrogen-bond donors (Lipinski definition) is 8. The van der Waals surface area contributed by atoms with Gasteiger partial charge in [-0.1, -0.05) is 0 Å². The average Bonchev–Trinajstić information content (AvgIpc) is 2.19. The third-order valence-corrected chi connectivity index (χ3v) is 0.836. The van der Waals surface area contributed by atoms with E-state index in [1.54, 1.807) is 14.1 Å². The Morgan fingerprint density at radius 3 is 0.933 bits per heavy atom. The minimum atomic E-state index is 0.130. The van der Waals surface area contributed by atoms with Crippen LogP contribution in [0.1, 0.15) is 0 Å². The minimum Gasteiger partial charge on any atom is -0.370 e. The van der Waals surface area contributed by atoms with E-state index in [0.717, 1.165) is 0 Å². The fourth-order valence-corrected chi connectivity index (χ4v) is 0. The normalized spacial score (nSPS) is 6.60. The first kappa shape index (κ1) is 18.6. The third kappa shape index (κ3) is 78.3. The van der Waals surface area contributed by atoms with Gasteiger partial charge in [0.1, 0.15) is 0 Å². The van der Waals surface area contributed by atoms with Crippen LogP contribution in [0.25, 0.3) is 0 Å². The van der Waals surface area contributed by atoms with E-state index in [1.807, 2.05) is 0 Å². The van der Waals surface area contributed by atoms with Crippen molar-refractivity contribution < 1.29 is 9.98 Å². The van der Waals surface area contributed by atoms with Crippen LogP contribution in [-0.4, -0.2) is 39.0 Å². The smallest absolute Gasteiger partial charge is 0.338 e. The van der Waals surface area contributed by atoms with Crippen molar-refractivity contribution in [1.29, 1.82) is 0 Å². The van der Waals surface area contributed by atoms with E-state index < -0.39 is 0 Å². The highest BCUT2D eigenvalue weighted by Crippen LogP contribution is 1.40. The summed E-state index contributed by atoms with van der Waals surface area (Å²) in [6.45, 7) is 0. The average molecular weight is 221 g/mol. The van der Waals surface area contributed by atoms with Crippen molar-refractivity contribution in [2.24, 2.45) is 39.4 Å². The number of aliphatic imine (C=N–C) groups is 1. The van der Waals surface area contributed by atoms with Gasteiger partial charge in [-0.15, -0.1) is 0 Å².